The first kappa shape index (κ1) is 41.8. The van der Waals surface area contributed by atoms with Crippen LogP contribution in [0, 0.1) is 0 Å². The number of allylic oxidation sites excluding steroid dienone is 3. The third kappa shape index (κ3) is 12.8. The number of hydrogen-bond donors (Lipinski definition) is 4. The maximum absolute atomic E-state index is 12.9. The number of anilines is 1. The number of rotatable bonds is 6. The molecule has 3 aliphatic heterocycles. The molecule has 4 rings (SSSR count). The van der Waals surface area contributed by atoms with Crippen LogP contribution in [0.2, 0.25) is 5.02 Å². The summed E-state index contributed by atoms with van der Waals surface area (Å²) in [4.78, 5) is 49.5. The predicted octanol–water partition coefficient (Wildman–Crippen LogP) is 4.27. The van der Waals surface area contributed by atoms with E-state index in [0.717, 1.165) is 11.1 Å². The number of carbonyl (C=O) groups excluding carboxylic acids is 3. The summed E-state index contributed by atoms with van der Waals surface area (Å²) in [6, 6.07) is 3.02. The molecular formula is C34H50Cl2N4O9. The molecule has 0 aliphatic carbocycles. The number of amides is 3. The molecule has 5 atom stereocenters. The van der Waals surface area contributed by atoms with Gasteiger partial charge in [-0.3, -0.25) is 14.9 Å². The minimum absolute atomic E-state index is 0.0777. The molecule has 2 fully saturated rings. The minimum Gasteiger partial charge on any atom is -0.495 e. The van der Waals surface area contributed by atoms with Crippen LogP contribution >= 0.6 is 23.2 Å². The Balaban J connectivity index is 0.000000470. The van der Waals surface area contributed by atoms with Gasteiger partial charge in [0.25, 0.3) is 0 Å². The van der Waals surface area contributed by atoms with Gasteiger partial charge in [-0.15, -0.1) is 11.6 Å². The van der Waals surface area contributed by atoms with Crippen molar-refractivity contribution in [2.75, 3.05) is 46.1 Å². The van der Waals surface area contributed by atoms with Gasteiger partial charge in [0.15, 0.2) is 0 Å². The van der Waals surface area contributed by atoms with Crippen molar-refractivity contribution in [3.8, 4) is 5.75 Å². The fourth-order valence-electron chi connectivity index (χ4n) is 5.37. The Labute approximate surface area is 298 Å². The number of likely N-dealkylation sites (N-methyl/N-ethyl adjacent to an activating group) is 1. The van der Waals surface area contributed by atoms with E-state index in [9.17, 15) is 24.3 Å². The number of aliphatic hydroxyl groups is 1. The number of alkyl carbamates (subject to hydrolysis) is 1. The zero-order valence-corrected chi connectivity index (χ0v) is 30.8. The topological polar surface area (TPSA) is 170 Å². The molecule has 0 aromatic heterocycles. The molecule has 3 heterocycles. The second-order valence-corrected chi connectivity index (χ2v) is 12.5. The Morgan fingerprint density at radius 2 is 1.96 bits per heavy atom. The Hall–Kier alpha value is -3.36. The van der Waals surface area contributed by atoms with E-state index in [2.05, 4.69) is 22.2 Å². The number of nitrogens with zero attached hydrogens (tertiary/aromatic N) is 2. The van der Waals surface area contributed by atoms with Crippen molar-refractivity contribution in [2.24, 2.45) is 0 Å². The highest BCUT2D eigenvalue weighted by Crippen LogP contribution is 2.38. The quantitative estimate of drug-likeness (QED) is 0.245. The number of epoxide rings is 1. The van der Waals surface area contributed by atoms with Crippen molar-refractivity contribution in [1.82, 2.24) is 15.5 Å². The van der Waals surface area contributed by atoms with Gasteiger partial charge < -0.3 is 39.5 Å². The molecule has 49 heavy (non-hydrogen) atoms. The molecule has 1 aromatic carbocycles. The smallest absolute Gasteiger partial charge is 0.409 e. The van der Waals surface area contributed by atoms with E-state index in [0.29, 0.717) is 55.1 Å². The van der Waals surface area contributed by atoms with Gasteiger partial charge >= 0.3 is 12.1 Å². The summed E-state index contributed by atoms with van der Waals surface area (Å²) in [5, 5.41) is 25.3. The molecule has 2 saturated heterocycles. The van der Waals surface area contributed by atoms with Crippen LogP contribution in [-0.2, 0) is 30.3 Å². The highest BCUT2D eigenvalue weighted by atomic mass is 35.5. The van der Waals surface area contributed by atoms with Crippen molar-refractivity contribution < 1.29 is 43.6 Å². The number of benzene rings is 1. The third-order valence-electron chi connectivity index (χ3n) is 8.41. The Bertz CT molecular complexity index is 1380. The van der Waals surface area contributed by atoms with Crippen LogP contribution in [0.25, 0.3) is 0 Å². The first-order chi connectivity index (χ1) is 23.2. The molecule has 4 bridgehead atoms. The summed E-state index contributed by atoms with van der Waals surface area (Å²) < 4.78 is 16.5. The monoisotopic (exact) mass is 728 g/mol. The molecule has 15 heteroatoms. The van der Waals surface area contributed by atoms with Gasteiger partial charge in [-0.1, -0.05) is 35.4 Å². The number of carboxylic acids is 1. The van der Waals surface area contributed by atoms with Crippen LogP contribution < -0.4 is 20.3 Å². The van der Waals surface area contributed by atoms with Gasteiger partial charge in [0.2, 0.25) is 11.8 Å². The van der Waals surface area contributed by atoms with E-state index < -0.39 is 29.9 Å². The Morgan fingerprint density at radius 3 is 2.59 bits per heavy atom. The second-order valence-electron chi connectivity index (χ2n) is 12.2. The fourth-order valence-corrected chi connectivity index (χ4v) is 5.69. The zero-order chi connectivity index (χ0) is 36.9. The maximum atomic E-state index is 12.9. The minimum atomic E-state index is -1.37. The molecular weight excluding hydrogens is 679 g/mol. The Morgan fingerprint density at radius 1 is 1.27 bits per heavy atom. The molecule has 0 radical (unpaired) electrons. The van der Waals surface area contributed by atoms with Gasteiger partial charge in [-0.25, -0.2) is 9.59 Å². The average molecular weight is 730 g/mol. The van der Waals surface area contributed by atoms with Gasteiger partial charge in [-0.2, -0.15) is 0 Å². The molecule has 3 amide bonds. The number of hydrogen-bond acceptors (Lipinski definition) is 9. The number of carboxylic acid groups (broad SMARTS) is 1. The van der Waals surface area contributed by atoms with E-state index in [-0.39, 0.29) is 36.9 Å². The number of halogens is 2. The predicted molar refractivity (Wildman–Crippen MR) is 188 cm³/mol. The van der Waals surface area contributed by atoms with Gasteiger partial charge in [0, 0.05) is 59.1 Å². The zero-order valence-electron chi connectivity index (χ0n) is 29.3. The van der Waals surface area contributed by atoms with Gasteiger partial charge in [0.05, 0.1) is 25.0 Å². The maximum Gasteiger partial charge on any atom is 0.409 e. The Kier molecular flexibility index (Phi) is 16.8. The molecule has 3 aliphatic rings. The largest absolute Gasteiger partial charge is 0.495 e. The molecule has 3 unspecified atom stereocenters. The first-order valence-electron chi connectivity index (χ1n) is 16.0. The van der Waals surface area contributed by atoms with Crippen LogP contribution in [0.5, 0.6) is 5.75 Å². The lowest BCUT2D eigenvalue weighted by Crippen LogP contribution is -2.56. The molecule has 0 spiro atoms. The fraction of sp³-hybridized carbons (Fsp3) is 0.588. The van der Waals surface area contributed by atoms with E-state index >= 15 is 0 Å². The summed E-state index contributed by atoms with van der Waals surface area (Å²) in [6.45, 7) is 4.05. The standard InChI is InChI=1S/C25H31ClN2O6.C8H16N2O3.CH3Cl/c1-15-6-4-5-9-25(31)14-17(33-24(30)27-25)13-20-19(34-20)7-8-22(29)28(2)18-11-16(10-15)12-21(32-3)23(18)26;1-6(8(12)13)10(3)7(11)4-5-9-2;1-2/h4-6,11-12,17,19-20,31H,7-10,13-14H2,1-3H3,(H,27,30);6,9H,4-5H2,1-3H3,(H,12,13);1H3/b5-4+,15-6+;;/t17?,19?,20?,25-;6-;/m10./s1. The number of aliphatic carboxylic acids is 1. The number of nitrogens with one attached hydrogen (secondary N) is 2. The van der Waals surface area contributed by atoms with Gasteiger partial charge in [0.1, 0.15) is 28.6 Å². The lowest BCUT2D eigenvalue weighted by molar-refractivity contribution is -0.148. The summed E-state index contributed by atoms with van der Waals surface area (Å²) in [7, 11) is 6.50. The second kappa shape index (κ2) is 19.7. The number of carbonyl (C=O) groups is 4. The molecule has 274 valence electrons. The summed E-state index contributed by atoms with van der Waals surface area (Å²) in [6.07, 6.45) is 8.65. The van der Waals surface area contributed by atoms with Crippen molar-refractivity contribution in [2.45, 2.75) is 88.9 Å². The first-order valence-corrected chi connectivity index (χ1v) is 17.1. The van der Waals surface area contributed by atoms with E-state index in [4.69, 9.17) is 30.9 Å². The van der Waals surface area contributed by atoms with Crippen molar-refractivity contribution in [3.63, 3.8) is 0 Å². The highest BCUT2D eigenvalue weighted by molar-refractivity contribution is 6.35. The molecule has 1 aromatic rings. The summed E-state index contributed by atoms with van der Waals surface area (Å²) in [5.41, 5.74) is 1.25. The average Bonchev–Trinajstić information content (AvgIpc) is 3.81. The lowest BCUT2D eigenvalue weighted by Gasteiger charge is -2.36. The summed E-state index contributed by atoms with van der Waals surface area (Å²) in [5.74, 6) is -0.713. The van der Waals surface area contributed by atoms with Crippen LogP contribution in [0.15, 0.2) is 35.9 Å². The van der Waals surface area contributed by atoms with E-state index in [1.54, 1.807) is 26.1 Å². The third-order valence-corrected chi connectivity index (χ3v) is 8.79. The van der Waals surface area contributed by atoms with Gasteiger partial charge in [-0.05, 0) is 51.4 Å². The number of alkyl halides is 1. The number of methoxy groups -OCH3 is 1. The van der Waals surface area contributed by atoms with Crippen LogP contribution in [0.1, 0.15) is 57.9 Å². The molecule has 13 nitrogen and oxygen atoms in total. The van der Waals surface area contributed by atoms with E-state index in [1.165, 1.54) is 25.3 Å². The summed E-state index contributed by atoms with van der Waals surface area (Å²) >= 11 is 11.2. The number of ether oxygens (including phenoxy) is 3. The number of fused-ring (bicyclic) bond motifs is 5. The normalized spacial score (nSPS) is 26.0. The van der Waals surface area contributed by atoms with Crippen molar-refractivity contribution in [1.29, 1.82) is 0 Å². The molecule has 0 saturated carbocycles. The van der Waals surface area contributed by atoms with Crippen LogP contribution in [0.4, 0.5) is 10.5 Å². The molecule has 4 N–H and O–H groups in total. The highest BCUT2D eigenvalue weighted by Gasteiger charge is 2.45. The van der Waals surface area contributed by atoms with E-state index in [1.807, 2.05) is 37.3 Å². The van der Waals surface area contributed by atoms with Crippen molar-refractivity contribution in [3.05, 3.63) is 46.5 Å². The van der Waals surface area contributed by atoms with Crippen LogP contribution in [-0.4, -0.2) is 110 Å². The van der Waals surface area contributed by atoms with Crippen LogP contribution in [0.3, 0.4) is 0 Å². The van der Waals surface area contributed by atoms with Crippen molar-refractivity contribution >= 4 is 52.8 Å². The lowest BCUT2D eigenvalue weighted by atomic mass is 9.96. The SMILES string of the molecule is CCl.CNCCC(=O)N(C)[C@@H](C)C(=O)O.COc1cc2cc(c1Cl)N(C)C(=O)CCC1OC1CC1C[C@](O)(C/C=C/C=C(\C)C2)NC(=O)O1.